The minimum absolute atomic E-state index is 0. The maximum absolute atomic E-state index is 2.40. The smallest absolute Gasteiger partial charge is 1.00 e. The van der Waals surface area contributed by atoms with E-state index >= 15 is 0 Å². The molecule has 1 aliphatic heterocycles. The number of likely N-dealkylation sites (N-methyl/N-ethyl adjacent to an activating group) is 3. The largest absolute Gasteiger partial charge is 2.00 e. The standard InChI is InChI=1S/C9H21N3.2ClH.Cr/c1-10-4-6-11(2)8-9-12(3)7-5-10;;;/h4-9H2,1-3H3;2*1H;/q;;;+2/p-2. The molecule has 0 unspecified atom stereocenters. The summed E-state index contributed by atoms with van der Waals surface area (Å²) in [5.74, 6) is 0. The Bertz CT molecular complexity index is 105. The quantitative estimate of drug-likeness (QED) is 0.440. The van der Waals surface area contributed by atoms with Gasteiger partial charge in [-0.15, -0.1) is 0 Å². The van der Waals surface area contributed by atoms with Crippen LogP contribution in [0.2, 0.25) is 0 Å². The van der Waals surface area contributed by atoms with E-state index in [1.165, 1.54) is 39.3 Å². The van der Waals surface area contributed by atoms with Crippen molar-refractivity contribution in [3.05, 3.63) is 0 Å². The van der Waals surface area contributed by atoms with Crippen LogP contribution in [0.5, 0.6) is 0 Å². The number of hydrogen-bond acceptors (Lipinski definition) is 3. The van der Waals surface area contributed by atoms with Gasteiger partial charge in [0.05, 0.1) is 0 Å². The van der Waals surface area contributed by atoms with E-state index in [-0.39, 0.29) is 42.2 Å². The first-order chi connectivity index (χ1) is 5.68. The molecule has 15 heavy (non-hydrogen) atoms. The molecule has 1 saturated heterocycles. The SMILES string of the molecule is CN1CCN(C)CCN(C)CC1.[Cl-].[Cl-].[Cr+2]. The van der Waals surface area contributed by atoms with Crippen molar-refractivity contribution in [1.82, 2.24) is 14.7 Å². The monoisotopic (exact) mass is 293 g/mol. The van der Waals surface area contributed by atoms with Crippen LogP contribution in [0.15, 0.2) is 0 Å². The summed E-state index contributed by atoms with van der Waals surface area (Å²) in [5.41, 5.74) is 0. The first-order valence-electron chi connectivity index (χ1n) is 4.74. The van der Waals surface area contributed by atoms with Crippen LogP contribution in [0.25, 0.3) is 0 Å². The fraction of sp³-hybridized carbons (Fsp3) is 1.00. The summed E-state index contributed by atoms with van der Waals surface area (Å²) in [7, 11) is 6.60. The first-order valence-corrected chi connectivity index (χ1v) is 4.74. The third-order valence-corrected chi connectivity index (χ3v) is 2.59. The van der Waals surface area contributed by atoms with E-state index in [4.69, 9.17) is 0 Å². The van der Waals surface area contributed by atoms with E-state index in [1.54, 1.807) is 0 Å². The molecule has 1 heterocycles. The summed E-state index contributed by atoms with van der Waals surface area (Å²) < 4.78 is 0. The van der Waals surface area contributed by atoms with Gasteiger partial charge >= 0.3 is 17.4 Å². The van der Waals surface area contributed by atoms with Gasteiger partial charge in [0.2, 0.25) is 0 Å². The predicted octanol–water partition coefficient (Wildman–Crippen LogP) is -6.20. The molecule has 0 aliphatic carbocycles. The molecular weight excluding hydrogens is 273 g/mol. The normalized spacial score (nSPS) is 21.0. The van der Waals surface area contributed by atoms with Crippen LogP contribution in [0.4, 0.5) is 0 Å². The second-order valence-corrected chi connectivity index (χ2v) is 3.91. The molecule has 1 fully saturated rings. The summed E-state index contributed by atoms with van der Waals surface area (Å²) in [5, 5.41) is 0. The summed E-state index contributed by atoms with van der Waals surface area (Å²) in [6, 6.07) is 0. The van der Waals surface area contributed by atoms with Gasteiger partial charge in [0, 0.05) is 39.3 Å². The van der Waals surface area contributed by atoms with Gasteiger partial charge in [-0.25, -0.2) is 0 Å². The van der Waals surface area contributed by atoms with Gasteiger partial charge in [-0.1, -0.05) is 0 Å². The van der Waals surface area contributed by atoms with Gasteiger partial charge < -0.3 is 39.5 Å². The molecule has 0 atom stereocenters. The zero-order chi connectivity index (χ0) is 8.97. The third-order valence-electron chi connectivity index (χ3n) is 2.59. The second kappa shape index (κ2) is 11.5. The van der Waals surface area contributed by atoms with Crippen LogP contribution < -0.4 is 24.8 Å². The molecule has 0 aromatic carbocycles. The molecule has 0 aromatic rings. The van der Waals surface area contributed by atoms with Crippen LogP contribution in [-0.2, 0) is 17.4 Å². The van der Waals surface area contributed by atoms with Gasteiger partial charge in [0.1, 0.15) is 0 Å². The second-order valence-electron chi connectivity index (χ2n) is 3.91. The van der Waals surface area contributed by atoms with E-state index in [9.17, 15) is 0 Å². The molecule has 0 N–H and O–H groups in total. The van der Waals surface area contributed by atoms with Crippen molar-refractivity contribution in [1.29, 1.82) is 0 Å². The minimum Gasteiger partial charge on any atom is -1.00 e. The van der Waals surface area contributed by atoms with Crippen molar-refractivity contribution in [2.24, 2.45) is 0 Å². The molecule has 3 nitrogen and oxygen atoms in total. The fourth-order valence-corrected chi connectivity index (χ4v) is 1.36. The van der Waals surface area contributed by atoms with Gasteiger partial charge in [-0.3, -0.25) is 0 Å². The zero-order valence-electron chi connectivity index (χ0n) is 9.75. The van der Waals surface area contributed by atoms with Crippen molar-refractivity contribution >= 4 is 0 Å². The zero-order valence-corrected chi connectivity index (χ0v) is 12.5. The van der Waals surface area contributed by atoms with E-state index in [0.717, 1.165) is 0 Å². The molecule has 0 spiro atoms. The van der Waals surface area contributed by atoms with Gasteiger partial charge in [-0.05, 0) is 21.1 Å². The predicted molar refractivity (Wildman–Crippen MR) is 52.5 cm³/mol. The van der Waals surface area contributed by atoms with Crippen LogP contribution in [0.3, 0.4) is 0 Å². The molecule has 1 aliphatic rings. The van der Waals surface area contributed by atoms with E-state index in [1.807, 2.05) is 0 Å². The van der Waals surface area contributed by atoms with Crippen LogP contribution >= 0.6 is 0 Å². The topological polar surface area (TPSA) is 9.72 Å². The van der Waals surface area contributed by atoms with Gasteiger partial charge in [0.15, 0.2) is 0 Å². The number of nitrogens with zero attached hydrogens (tertiary/aromatic N) is 3. The molecule has 0 saturated carbocycles. The van der Waals surface area contributed by atoms with Crippen molar-refractivity contribution < 1.29 is 42.2 Å². The Labute approximate surface area is 117 Å². The molecule has 1 rings (SSSR count). The molecule has 0 amide bonds. The Morgan fingerprint density at radius 3 is 0.800 bits per heavy atom. The summed E-state index contributed by atoms with van der Waals surface area (Å²) >= 11 is 0. The third kappa shape index (κ3) is 9.90. The molecule has 92 valence electrons. The molecule has 0 aromatic heterocycles. The first kappa shape index (κ1) is 21.3. The Morgan fingerprint density at radius 1 is 0.533 bits per heavy atom. The van der Waals surface area contributed by atoms with Crippen LogP contribution in [0, 0.1) is 0 Å². The van der Waals surface area contributed by atoms with Crippen LogP contribution in [-0.4, -0.2) is 75.1 Å². The van der Waals surface area contributed by atoms with Crippen molar-refractivity contribution in [2.45, 2.75) is 0 Å². The summed E-state index contributed by atoms with van der Waals surface area (Å²) in [6.07, 6.45) is 0. The Kier molecular flexibility index (Phi) is 16.3. The average molecular weight is 294 g/mol. The Morgan fingerprint density at radius 2 is 0.667 bits per heavy atom. The maximum Gasteiger partial charge on any atom is 2.00 e. The Balaban J connectivity index is -0.000000480. The summed E-state index contributed by atoms with van der Waals surface area (Å²) in [4.78, 5) is 7.20. The fourth-order valence-electron chi connectivity index (χ4n) is 1.36. The van der Waals surface area contributed by atoms with Crippen molar-refractivity contribution in [3.8, 4) is 0 Å². The minimum atomic E-state index is 0. The maximum atomic E-state index is 2.40. The molecular formula is C9H21Cl2CrN3. The van der Waals surface area contributed by atoms with Gasteiger partial charge in [0.25, 0.3) is 0 Å². The van der Waals surface area contributed by atoms with Crippen molar-refractivity contribution in [2.75, 3.05) is 60.4 Å². The van der Waals surface area contributed by atoms with E-state index in [2.05, 4.69) is 35.8 Å². The molecule has 0 bridgehead atoms. The van der Waals surface area contributed by atoms with Crippen molar-refractivity contribution in [3.63, 3.8) is 0 Å². The van der Waals surface area contributed by atoms with Crippen LogP contribution in [0.1, 0.15) is 0 Å². The number of hydrogen-bond donors (Lipinski definition) is 0. The van der Waals surface area contributed by atoms with E-state index in [0.29, 0.717) is 0 Å². The number of rotatable bonds is 0. The average Bonchev–Trinajstić information content (AvgIpc) is 2.11. The Hall–Kier alpha value is 0.992. The summed E-state index contributed by atoms with van der Waals surface area (Å²) in [6.45, 7) is 7.19. The number of halogens is 2. The molecule has 6 heteroatoms. The van der Waals surface area contributed by atoms with Gasteiger partial charge in [-0.2, -0.15) is 0 Å². The molecule has 0 radical (unpaired) electrons. The van der Waals surface area contributed by atoms with E-state index < -0.39 is 0 Å².